The summed E-state index contributed by atoms with van der Waals surface area (Å²) in [6, 6.07) is 0. The number of ether oxygens (including phenoxy) is 2. The fourth-order valence-electron chi connectivity index (χ4n) is 3.90. The number of rotatable bonds is 11. The maximum Gasteiger partial charge on any atom is 0.488 e. The average molecular weight is 753 g/mol. The van der Waals surface area contributed by atoms with E-state index in [1.54, 1.807) is 28.9 Å². The number of alkyl halides is 3. The number of nitrogens with one attached hydrogen (secondary N) is 1. The molecule has 0 spiro atoms. The third-order valence-corrected chi connectivity index (χ3v) is 11.8. The molecule has 1 amide bonds. The van der Waals surface area contributed by atoms with Crippen LogP contribution in [0.5, 0.6) is 0 Å². The van der Waals surface area contributed by atoms with Crippen LogP contribution >= 0.6 is 45.8 Å². The van der Waals surface area contributed by atoms with Crippen molar-refractivity contribution in [3.8, 4) is 11.8 Å². The molecule has 17 nitrogen and oxygen atoms in total. The lowest BCUT2D eigenvalue weighted by Crippen LogP contribution is -2.36. The van der Waals surface area contributed by atoms with Crippen LogP contribution in [0.2, 0.25) is 0 Å². The van der Waals surface area contributed by atoms with Crippen LogP contribution in [0.4, 0.5) is 19.0 Å². The van der Waals surface area contributed by atoms with E-state index in [2.05, 4.69) is 39.7 Å². The fraction of sp³-hybridized carbons (Fsp3) is 0.524. The van der Waals surface area contributed by atoms with E-state index in [9.17, 15) is 36.9 Å². The van der Waals surface area contributed by atoms with Gasteiger partial charge < -0.3 is 38.6 Å². The summed E-state index contributed by atoms with van der Waals surface area (Å²) in [6.07, 6.45) is -1.03. The van der Waals surface area contributed by atoms with E-state index in [4.69, 9.17) is 14.0 Å². The van der Waals surface area contributed by atoms with Crippen LogP contribution < -0.4 is 5.32 Å². The molecule has 3 N–H and O–H groups in total. The van der Waals surface area contributed by atoms with Gasteiger partial charge in [0.15, 0.2) is 5.82 Å². The highest BCUT2D eigenvalue weighted by molar-refractivity contribution is 8.76. The molecule has 0 bridgehead atoms. The first-order chi connectivity index (χ1) is 21.6. The third kappa shape index (κ3) is 10.1. The maximum atomic E-state index is 12.6. The normalized spacial score (nSPS) is 28.3. The summed E-state index contributed by atoms with van der Waals surface area (Å²) in [5.41, 5.74) is 0.572. The molecule has 46 heavy (non-hydrogen) atoms. The van der Waals surface area contributed by atoms with E-state index in [-0.39, 0.29) is 30.3 Å². The van der Waals surface area contributed by atoms with Crippen molar-refractivity contribution in [2.45, 2.75) is 31.0 Å². The quantitative estimate of drug-likeness (QED) is 0.0567. The highest BCUT2D eigenvalue weighted by atomic mass is 33.1. The van der Waals surface area contributed by atoms with Crippen LogP contribution in [0.1, 0.15) is 18.2 Å². The number of carbonyl (C=O) groups excluding carboxylic acids is 1. The Morgan fingerprint density at radius 2 is 2.04 bits per heavy atom. The van der Waals surface area contributed by atoms with Crippen LogP contribution in [0.25, 0.3) is 11.0 Å². The van der Waals surface area contributed by atoms with Gasteiger partial charge in [0.2, 0.25) is 0 Å². The predicted molar refractivity (Wildman–Crippen MR) is 160 cm³/mol. The zero-order valence-electron chi connectivity index (χ0n) is 23.9. The molecule has 3 unspecified atom stereocenters. The smallest absolute Gasteiger partial charge is 0.369 e. The number of nitrogens with zero attached hydrogens (tertiary/aromatic N) is 5. The van der Waals surface area contributed by atoms with Crippen LogP contribution in [0, 0.1) is 11.8 Å². The lowest BCUT2D eigenvalue weighted by atomic mass is 10.2. The molecular weight excluding hydrogens is 726 g/mol. The minimum Gasteiger partial charge on any atom is -0.369 e. The molecule has 2 aliphatic rings. The van der Waals surface area contributed by atoms with E-state index < -0.39 is 61.3 Å². The van der Waals surface area contributed by atoms with Gasteiger partial charge in [-0.3, -0.25) is 4.79 Å². The minimum absolute atomic E-state index is 0.196. The summed E-state index contributed by atoms with van der Waals surface area (Å²) >= 11 is 0. The molecule has 2 aromatic heterocycles. The van der Waals surface area contributed by atoms with Crippen LogP contribution in [-0.2, 0) is 40.9 Å². The van der Waals surface area contributed by atoms with Crippen molar-refractivity contribution in [1.29, 1.82) is 0 Å². The fourth-order valence-corrected chi connectivity index (χ4v) is 8.88. The molecule has 2 aromatic rings. The summed E-state index contributed by atoms with van der Waals surface area (Å²) in [5.74, 6) is 3.52. The predicted octanol–water partition coefficient (Wildman–Crippen LogP) is 3.83. The largest absolute Gasteiger partial charge is 0.488 e. The number of hydrogen-bond acceptors (Lipinski definition) is 14. The number of aliphatic imine (C=N–C) groups is 1. The van der Waals surface area contributed by atoms with Gasteiger partial charge in [-0.2, -0.15) is 17.5 Å². The van der Waals surface area contributed by atoms with Crippen molar-refractivity contribution in [3.05, 3.63) is 18.1 Å². The maximum absolute atomic E-state index is 12.6. The van der Waals surface area contributed by atoms with Gasteiger partial charge in [0.1, 0.15) is 30.2 Å². The van der Waals surface area contributed by atoms with Gasteiger partial charge in [-0.1, -0.05) is 33.4 Å². The van der Waals surface area contributed by atoms with Gasteiger partial charge in [0.25, 0.3) is 0 Å². The van der Waals surface area contributed by atoms with E-state index in [1.807, 2.05) is 6.26 Å². The summed E-state index contributed by atoms with van der Waals surface area (Å²) in [6.45, 7) is -0.966. The van der Waals surface area contributed by atoms with Gasteiger partial charge in [-0.05, 0) is 6.26 Å². The Balaban J connectivity index is 1.62. The van der Waals surface area contributed by atoms with Crippen molar-refractivity contribution in [2.75, 3.05) is 39.4 Å². The summed E-state index contributed by atoms with van der Waals surface area (Å²) in [5, 5.41) is 2.03. The zero-order valence-corrected chi connectivity index (χ0v) is 28.2. The van der Waals surface area contributed by atoms with Crippen molar-refractivity contribution in [1.82, 2.24) is 24.8 Å². The lowest BCUT2D eigenvalue weighted by molar-refractivity contribution is -0.173. The highest BCUT2D eigenvalue weighted by Gasteiger charge is 2.49. The number of phosphoric acid groups is 2. The van der Waals surface area contributed by atoms with E-state index in [0.29, 0.717) is 11.0 Å². The molecule has 0 aromatic carbocycles. The Morgan fingerprint density at radius 3 is 2.70 bits per heavy atom. The Kier molecular flexibility index (Phi) is 12.5. The molecule has 5 atom stereocenters. The SMILES string of the molecule is CSSCOC1C[C@H](n2cc(C#CCNC(=O)C(F)(F)F)c3c(/N=C/N(C)C)ncnc32)O[C@@H]1COP1OP(=O)(O)OP(=O)(O)O1. The van der Waals surface area contributed by atoms with Crippen molar-refractivity contribution < 1.29 is 63.8 Å². The third-order valence-electron chi connectivity index (χ3n) is 5.65. The number of amides is 1. The molecule has 0 aliphatic carbocycles. The average Bonchev–Trinajstić information content (AvgIpc) is 3.52. The van der Waals surface area contributed by atoms with Crippen molar-refractivity contribution in [3.63, 3.8) is 0 Å². The number of hydrogen-bond donors (Lipinski definition) is 3. The molecule has 2 fully saturated rings. The first-order valence-corrected chi connectivity index (χ1v) is 19.4. The van der Waals surface area contributed by atoms with Crippen molar-refractivity contribution >= 4 is 74.9 Å². The number of fused-ring (bicyclic) bond motifs is 1. The molecular formula is C21H26F3N6O11P3S2. The topological polar surface area (TPSA) is 205 Å². The molecule has 2 saturated heterocycles. The first kappa shape index (κ1) is 37.0. The lowest BCUT2D eigenvalue weighted by Gasteiger charge is -2.27. The van der Waals surface area contributed by atoms with Gasteiger partial charge in [-0.15, -0.1) is 0 Å². The second-order valence-corrected chi connectivity index (χ2v) is 16.3. The van der Waals surface area contributed by atoms with Crippen LogP contribution in [0.3, 0.4) is 0 Å². The summed E-state index contributed by atoms with van der Waals surface area (Å²) in [4.78, 5) is 44.8. The highest BCUT2D eigenvalue weighted by Crippen LogP contribution is 2.76. The molecule has 0 saturated carbocycles. The monoisotopic (exact) mass is 752 g/mol. The Hall–Kier alpha value is -1.82. The summed E-state index contributed by atoms with van der Waals surface area (Å²) in [7, 11) is -6.32. The molecule has 25 heteroatoms. The second kappa shape index (κ2) is 15.6. The number of aromatic nitrogens is 3. The standard InChI is InChI=1S/C21H26F3N6O11P3S2/c1-29(2)11-28-18-17-13(5-4-6-25-20(31)21(22,23)24)8-30(19(17)27-10-26-18)16-7-14(36-12-46-45-3)15(38-16)9-37-42-39-43(32,33)41-44(34,35)40-42/h8,10-11,14-16H,6-7,9,12H2,1-3H3,(H,25,31)(H,32,33)(H,34,35)/b28-11+/t14?,15-,16-/m1/s1. The van der Waals surface area contributed by atoms with Gasteiger partial charge in [-0.25, -0.2) is 32.7 Å². The van der Waals surface area contributed by atoms with E-state index >= 15 is 0 Å². The molecule has 4 heterocycles. The number of halogens is 3. The Labute approximate surface area is 268 Å². The van der Waals surface area contributed by atoms with Gasteiger partial charge in [0, 0.05) is 26.7 Å². The first-order valence-electron chi connectivity index (χ1n) is 12.6. The minimum atomic E-state index is -5.06. The van der Waals surface area contributed by atoms with E-state index in [1.165, 1.54) is 40.5 Å². The second-order valence-electron chi connectivity index (χ2n) is 9.21. The van der Waals surface area contributed by atoms with E-state index in [0.717, 1.165) is 0 Å². The van der Waals surface area contributed by atoms with Crippen LogP contribution in [0.15, 0.2) is 17.5 Å². The van der Waals surface area contributed by atoms with Crippen molar-refractivity contribution in [2.24, 2.45) is 4.99 Å². The molecule has 0 radical (unpaired) electrons. The molecule has 4 rings (SSSR count). The van der Waals surface area contributed by atoms with Crippen LogP contribution in [-0.4, -0.2) is 99.3 Å². The Morgan fingerprint density at radius 1 is 1.33 bits per heavy atom. The van der Waals surface area contributed by atoms with Gasteiger partial charge in [0.05, 0.1) is 36.5 Å². The molecule has 254 valence electrons. The number of carbonyl (C=O) groups is 1. The Bertz CT molecular complexity index is 1580. The molecule has 2 aliphatic heterocycles. The summed E-state index contributed by atoms with van der Waals surface area (Å²) < 4.78 is 93.8. The zero-order chi connectivity index (χ0) is 33.7. The van der Waals surface area contributed by atoms with Gasteiger partial charge >= 0.3 is 36.3 Å².